The van der Waals surface area contributed by atoms with E-state index in [-0.39, 0.29) is 24.4 Å². The monoisotopic (exact) mass is 593 g/mol. The van der Waals surface area contributed by atoms with Crippen LogP contribution in [0.5, 0.6) is 0 Å². The smallest absolute Gasteiger partial charge is 0.336 e. The number of carbonyl (C=O) groups is 1. The molecule has 1 heterocycles. The lowest BCUT2D eigenvalue weighted by atomic mass is 9.65. The number of halogens is 1. The van der Waals surface area contributed by atoms with Crippen LogP contribution in [0.2, 0.25) is 0 Å². The molecule has 0 radical (unpaired) electrons. The lowest BCUT2D eigenvalue weighted by molar-refractivity contribution is -0.132. The van der Waals surface area contributed by atoms with Gasteiger partial charge in [0.25, 0.3) is 0 Å². The summed E-state index contributed by atoms with van der Waals surface area (Å²) in [4.78, 5) is 17.6. The third-order valence-electron chi connectivity index (χ3n) is 10.6. The standard InChI is InChI=1S/C41H36FNO2/c42-22-21-26-13-14-27-15-16-30-28-10-6-11-29(31(28)17-18-32(30)36(27)23-26)37(24-25-7-2-1-3-8-25)33-19-20-35(41(44)45)39-34-9-4-5-12-38(34)43-40(33)39/h1-5,7-9,12-20,26,29,33,37H,6,10-11,21-24H2,(H,44,45). The molecule has 0 saturated carbocycles. The average molecular weight is 594 g/mol. The fraction of sp³-hybridized carbons (Fsp3) is 0.268. The zero-order chi connectivity index (χ0) is 30.5. The first-order valence-corrected chi connectivity index (χ1v) is 16.3. The first kappa shape index (κ1) is 27.9. The first-order chi connectivity index (χ1) is 22.1. The molecule has 3 nitrogen and oxygen atoms in total. The number of aliphatic carboxylic acids is 1. The normalized spacial score (nSPS) is 22.0. The topological polar surface area (TPSA) is 49.7 Å². The van der Waals surface area contributed by atoms with Gasteiger partial charge in [-0.05, 0) is 101 Å². The van der Waals surface area contributed by atoms with Gasteiger partial charge in [-0.3, -0.25) is 9.38 Å². The summed E-state index contributed by atoms with van der Waals surface area (Å²) in [6.45, 7) is -0.286. The summed E-state index contributed by atoms with van der Waals surface area (Å²) in [6.07, 6.45) is 13.9. The number of carboxylic acid groups (broad SMARTS) is 1. The van der Waals surface area contributed by atoms with Crippen molar-refractivity contribution in [2.24, 2.45) is 22.7 Å². The first-order valence-electron chi connectivity index (χ1n) is 16.3. The highest BCUT2D eigenvalue weighted by Crippen LogP contribution is 2.50. The van der Waals surface area contributed by atoms with Crippen LogP contribution in [0.4, 0.5) is 10.1 Å². The summed E-state index contributed by atoms with van der Waals surface area (Å²) in [7, 11) is 0. The largest absolute Gasteiger partial charge is 0.478 e. The summed E-state index contributed by atoms with van der Waals surface area (Å²) in [5.41, 5.74) is 10.5. The van der Waals surface area contributed by atoms with Crippen molar-refractivity contribution in [1.29, 1.82) is 0 Å². The molecule has 0 spiro atoms. The molecule has 4 aromatic carbocycles. The van der Waals surface area contributed by atoms with Gasteiger partial charge in [0.1, 0.15) is 0 Å². The molecule has 0 bridgehead atoms. The Morgan fingerprint density at radius 2 is 1.71 bits per heavy atom. The number of para-hydroxylation sites is 1. The second kappa shape index (κ2) is 11.4. The summed E-state index contributed by atoms with van der Waals surface area (Å²) in [5.74, 6) is -0.183. The van der Waals surface area contributed by atoms with Crippen molar-refractivity contribution >= 4 is 39.8 Å². The van der Waals surface area contributed by atoms with Crippen LogP contribution >= 0.6 is 0 Å². The molecule has 0 amide bonds. The molecule has 1 N–H and O–H groups in total. The van der Waals surface area contributed by atoms with Gasteiger partial charge >= 0.3 is 5.97 Å². The fourth-order valence-electron chi connectivity index (χ4n) is 8.52. The van der Waals surface area contributed by atoms with Crippen molar-refractivity contribution < 1.29 is 14.3 Å². The molecule has 0 fully saturated rings. The maximum atomic E-state index is 13.3. The van der Waals surface area contributed by atoms with Crippen LogP contribution in [0.1, 0.15) is 58.6 Å². The predicted octanol–water partition coefficient (Wildman–Crippen LogP) is 9.47. The van der Waals surface area contributed by atoms with Gasteiger partial charge in [0.05, 0.1) is 23.6 Å². The van der Waals surface area contributed by atoms with Crippen molar-refractivity contribution in [3.63, 3.8) is 0 Å². The molecule has 3 aliphatic carbocycles. The van der Waals surface area contributed by atoms with Crippen molar-refractivity contribution in [2.75, 3.05) is 6.67 Å². The minimum Gasteiger partial charge on any atom is -0.478 e. The molecule has 1 aliphatic heterocycles. The van der Waals surface area contributed by atoms with Crippen LogP contribution in [-0.4, -0.2) is 23.5 Å². The second-order valence-corrected chi connectivity index (χ2v) is 13.0. The van der Waals surface area contributed by atoms with Gasteiger partial charge in [-0.25, -0.2) is 4.79 Å². The highest BCUT2D eigenvalue weighted by Gasteiger charge is 2.41. The van der Waals surface area contributed by atoms with Gasteiger partial charge in [-0.15, -0.1) is 0 Å². The minimum absolute atomic E-state index is 0.0162. The van der Waals surface area contributed by atoms with E-state index in [1.54, 1.807) is 0 Å². The van der Waals surface area contributed by atoms with Gasteiger partial charge in [0.2, 0.25) is 0 Å². The van der Waals surface area contributed by atoms with Crippen LogP contribution in [0, 0.1) is 17.8 Å². The SMILES string of the molecule is O=C(O)C1=C2C(=Nc3ccccc32)C(C(Cc2ccccc2)C2CCCc3c2ccc2c4c(ccc32)C=CC(CCF)C4)C=C1. The number of benzene rings is 4. The van der Waals surface area contributed by atoms with Crippen molar-refractivity contribution in [1.82, 2.24) is 0 Å². The zero-order valence-corrected chi connectivity index (χ0v) is 25.3. The molecule has 8 rings (SSSR count). The molecule has 4 atom stereocenters. The Bertz CT molecular complexity index is 1950. The van der Waals surface area contributed by atoms with Gasteiger partial charge in [0, 0.05) is 17.1 Å². The second-order valence-electron chi connectivity index (χ2n) is 13.0. The Hall–Kier alpha value is -4.57. The number of fused-ring (bicyclic) bond motifs is 8. The maximum absolute atomic E-state index is 13.3. The van der Waals surface area contributed by atoms with E-state index in [4.69, 9.17) is 4.99 Å². The van der Waals surface area contributed by atoms with Crippen molar-refractivity contribution in [3.05, 3.63) is 136 Å². The molecule has 4 aromatic rings. The summed E-state index contributed by atoms with van der Waals surface area (Å²) >= 11 is 0. The maximum Gasteiger partial charge on any atom is 0.336 e. The summed E-state index contributed by atoms with van der Waals surface area (Å²) < 4.78 is 13.3. The Labute approximate surface area is 263 Å². The minimum atomic E-state index is -0.912. The zero-order valence-electron chi connectivity index (χ0n) is 25.3. The van der Waals surface area contributed by atoms with Crippen LogP contribution in [0.25, 0.3) is 22.4 Å². The number of carboxylic acids is 1. The quantitative estimate of drug-likeness (QED) is 0.232. The molecular formula is C41H36FNO2. The summed E-state index contributed by atoms with van der Waals surface area (Å²) in [6, 6.07) is 27.9. The number of aryl methyl sites for hydroxylation is 1. The Balaban J connectivity index is 1.25. The van der Waals surface area contributed by atoms with E-state index in [9.17, 15) is 14.3 Å². The van der Waals surface area contributed by atoms with Crippen molar-refractivity contribution in [3.8, 4) is 0 Å². The number of alkyl halides is 1. The van der Waals surface area contributed by atoms with E-state index in [1.807, 2.05) is 30.3 Å². The third kappa shape index (κ3) is 4.79. The van der Waals surface area contributed by atoms with Gasteiger partial charge in [0.15, 0.2) is 0 Å². The number of nitrogens with zero attached hydrogens (tertiary/aromatic N) is 1. The van der Waals surface area contributed by atoms with E-state index in [0.29, 0.717) is 17.9 Å². The molecule has 0 saturated heterocycles. The average Bonchev–Trinajstić information content (AvgIpc) is 3.47. The van der Waals surface area contributed by atoms with Crippen LogP contribution in [0.3, 0.4) is 0 Å². The van der Waals surface area contributed by atoms with E-state index >= 15 is 0 Å². The number of rotatable bonds is 7. The predicted molar refractivity (Wildman–Crippen MR) is 181 cm³/mol. The van der Waals surface area contributed by atoms with Crippen LogP contribution < -0.4 is 0 Å². The van der Waals surface area contributed by atoms with E-state index < -0.39 is 5.97 Å². The van der Waals surface area contributed by atoms with Gasteiger partial charge in [-0.1, -0.05) is 97.1 Å². The molecule has 4 aliphatic rings. The highest BCUT2D eigenvalue weighted by molar-refractivity contribution is 6.35. The van der Waals surface area contributed by atoms with Gasteiger partial charge < -0.3 is 5.11 Å². The molecule has 224 valence electrons. The highest BCUT2D eigenvalue weighted by atomic mass is 19.1. The lowest BCUT2D eigenvalue weighted by Gasteiger charge is -2.38. The fourth-order valence-corrected chi connectivity index (χ4v) is 8.52. The molecule has 0 aromatic heterocycles. The van der Waals surface area contributed by atoms with Crippen LogP contribution in [0.15, 0.2) is 108 Å². The van der Waals surface area contributed by atoms with E-state index in [2.05, 4.69) is 72.8 Å². The third-order valence-corrected chi connectivity index (χ3v) is 10.6. The lowest BCUT2D eigenvalue weighted by Crippen LogP contribution is -2.33. The molecule has 45 heavy (non-hydrogen) atoms. The van der Waals surface area contributed by atoms with E-state index in [1.165, 1.54) is 38.6 Å². The van der Waals surface area contributed by atoms with Crippen LogP contribution in [-0.2, 0) is 24.1 Å². The number of hydrogen-bond acceptors (Lipinski definition) is 2. The number of hydrogen-bond donors (Lipinski definition) is 1. The Kier molecular flexibility index (Phi) is 7.09. The molecular weight excluding hydrogens is 557 g/mol. The molecule has 4 heteroatoms. The number of aliphatic imine (C=N–C) groups is 1. The van der Waals surface area contributed by atoms with Gasteiger partial charge in [-0.2, -0.15) is 0 Å². The van der Waals surface area contributed by atoms with E-state index in [0.717, 1.165) is 54.6 Å². The summed E-state index contributed by atoms with van der Waals surface area (Å²) in [5, 5.41) is 12.8. The Morgan fingerprint density at radius 1 is 0.911 bits per heavy atom. The van der Waals surface area contributed by atoms with Crippen molar-refractivity contribution in [2.45, 2.75) is 44.4 Å². The molecule has 4 unspecified atom stereocenters. The Morgan fingerprint density at radius 3 is 2.56 bits per heavy atom. The number of allylic oxidation sites excluding steroid dienone is 3.